The third-order valence-electron chi connectivity index (χ3n) is 15.0. The number of ether oxygens (including phenoxy) is 6. The number of esters is 1. The van der Waals surface area contributed by atoms with Crippen LogP contribution < -0.4 is 56.5 Å². The molecule has 0 radical (unpaired) electrons. The summed E-state index contributed by atoms with van der Waals surface area (Å²) in [5.74, 6) is -6.85. The molecule has 0 aromatic heterocycles. The molecule has 5 aliphatic heterocycles. The van der Waals surface area contributed by atoms with E-state index >= 15 is 0 Å². The molecule has 18 atom stereocenters. The van der Waals surface area contributed by atoms with E-state index in [1.807, 2.05) is 60.6 Å². The van der Waals surface area contributed by atoms with Crippen molar-refractivity contribution in [3.63, 3.8) is 0 Å². The maximum absolute atomic E-state index is 14.6. The summed E-state index contributed by atoms with van der Waals surface area (Å²) in [5.41, 5.74) is -1.71. The zero-order valence-corrected chi connectivity index (χ0v) is 40.6. The molecule has 5 rings (SSSR count). The molecule has 58 heavy (non-hydrogen) atoms. The van der Waals surface area contributed by atoms with Crippen LogP contribution in [0.15, 0.2) is 12.2 Å². The van der Waals surface area contributed by atoms with Gasteiger partial charge < -0.3 is 48.5 Å². The minimum absolute atomic E-state index is 0. The number of aliphatic carboxylic acids is 1. The van der Waals surface area contributed by atoms with Gasteiger partial charge in [-0.05, 0) is 95.6 Å². The molecule has 2 N–H and O–H groups in total. The van der Waals surface area contributed by atoms with E-state index in [1.54, 1.807) is 13.8 Å². The Morgan fingerprint density at radius 2 is 1.57 bits per heavy atom. The number of carbonyl (C=O) groups is 3. The molecule has 13 heteroatoms. The van der Waals surface area contributed by atoms with E-state index in [0.29, 0.717) is 57.8 Å². The van der Waals surface area contributed by atoms with Crippen LogP contribution in [-0.4, -0.2) is 93.4 Å². The molecule has 4 fully saturated rings. The molecule has 4 saturated heterocycles. The smallest absolute Gasteiger partial charge is 0.550 e. The molecular formula is C45H73KO12. The maximum atomic E-state index is 14.6. The molecule has 5 aliphatic rings. The summed E-state index contributed by atoms with van der Waals surface area (Å²) < 4.78 is 40.1. The van der Waals surface area contributed by atoms with Gasteiger partial charge in [-0.15, -0.1) is 0 Å². The van der Waals surface area contributed by atoms with Crippen LogP contribution in [0.2, 0.25) is 0 Å². The third-order valence-corrected chi connectivity index (χ3v) is 15.0. The molecule has 0 saturated carbocycles. The van der Waals surface area contributed by atoms with Crippen LogP contribution in [0, 0.1) is 41.4 Å². The van der Waals surface area contributed by atoms with Crippen LogP contribution in [0.25, 0.3) is 0 Å². The largest absolute Gasteiger partial charge is 1.00 e. The van der Waals surface area contributed by atoms with Gasteiger partial charge in [0, 0.05) is 48.4 Å². The molecular weight excluding hydrogens is 772 g/mol. The molecule has 2 spiro atoms. The van der Waals surface area contributed by atoms with Crippen LogP contribution >= 0.6 is 0 Å². The maximum Gasteiger partial charge on any atom is 1.00 e. The molecule has 0 aliphatic carbocycles. The van der Waals surface area contributed by atoms with E-state index in [0.717, 1.165) is 6.42 Å². The quantitative estimate of drug-likeness (QED) is 0.149. The standard InChI is InChI=1S/C45H74O12.K/c1-12-31(41(49)50)33-17-16-25(5)39(53-33)29(9)37(47)28(8)38(48)32(13-2)40-26(6)24-27(7)44(55-40)21-19-35(54-36(46)14-3)45(57-44)23-22-42(11,56-45)34-18-20-43(51,15-4)30(10)52-34;/h19,21,25-35,37,39-40,47,51H,12-18,20,22-24H2,1-11H3,(H,49,50);/q;+1/p-1/t25-,26-,27+,28-,29-,30-,31+,32-,33+,34+,35+,37+,39+,40-,42-,43+,44-,45-;/m0./s1. The first-order valence-electron chi connectivity index (χ1n) is 22.2. The zero-order chi connectivity index (χ0) is 42.2. The Hall–Kier alpha value is -0.294. The monoisotopic (exact) mass is 844 g/mol. The van der Waals surface area contributed by atoms with Gasteiger partial charge >= 0.3 is 57.4 Å². The summed E-state index contributed by atoms with van der Waals surface area (Å²) >= 11 is 0. The Balaban J connectivity index is 0.00000744. The van der Waals surface area contributed by atoms with Gasteiger partial charge in [0.25, 0.3) is 0 Å². The van der Waals surface area contributed by atoms with Crippen molar-refractivity contribution in [2.75, 3.05) is 0 Å². The first-order valence-corrected chi connectivity index (χ1v) is 22.2. The molecule has 0 unspecified atom stereocenters. The van der Waals surface area contributed by atoms with Gasteiger partial charge in [0.2, 0.25) is 5.79 Å². The van der Waals surface area contributed by atoms with Crippen LogP contribution in [-0.2, 0) is 42.8 Å². The number of carboxylic acid groups (broad SMARTS) is 1. The summed E-state index contributed by atoms with van der Waals surface area (Å²) in [4.78, 5) is 39.2. The summed E-state index contributed by atoms with van der Waals surface area (Å²) in [6.07, 6.45) is 5.44. The minimum atomic E-state index is -1.38. The molecule has 0 amide bonds. The van der Waals surface area contributed by atoms with Crippen LogP contribution in [0.5, 0.6) is 0 Å². The topological polar surface area (TPSA) is 170 Å². The number of rotatable bonds is 14. The molecule has 0 aromatic carbocycles. The van der Waals surface area contributed by atoms with Crippen molar-refractivity contribution in [2.45, 2.75) is 212 Å². The summed E-state index contributed by atoms with van der Waals surface area (Å²) in [6, 6.07) is 0. The number of carboxylic acids is 1. The minimum Gasteiger partial charge on any atom is -0.550 e. The summed E-state index contributed by atoms with van der Waals surface area (Å²) in [6.45, 7) is 21.2. The van der Waals surface area contributed by atoms with E-state index in [-0.39, 0.29) is 99.5 Å². The zero-order valence-electron chi connectivity index (χ0n) is 37.5. The van der Waals surface area contributed by atoms with Gasteiger partial charge in [-0.2, -0.15) is 0 Å². The molecule has 0 bridgehead atoms. The van der Waals surface area contributed by atoms with Gasteiger partial charge in [0.15, 0.2) is 11.9 Å². The predicted molar refractivity (Wildman–Crippen MR) is 210 cm³/mol. The molecule has 326 valence electrons. The number of carbonyl (C=O) groups excluding carboxylic acids is 3. The van der Waals surface area contributed by atoms with E-state index in [9.17, 15) is 29.7 Å². The SMILES string of the molecule is CCC(=O)O[C@@H]1C=C[C@]2(O[C@H]([C@@H](CC)C(=O)[C@@H](C)[C@@H](O)[C@H](C)[C@@H]3O[C@@H]([C@@H](CC)C(=O)[O-])CC[C@@H]3C)[C@@H](C)C[C@H]2C)O[C@@]12CC[C@@](C)([C@H]1CC[C@](O)(CC)[C@H](C)O1)O2.[K+]. The van der Waals surface area contributed by atoms with Gasteiger partial charge in [0.05, 0.1) is 47.8 Å². The fourth-order valence-corrected chi connectivity index (χ4v) is 10.8. The van der Waals surface area contributed by atoms with E-state index in [2.05, 4.69) is 13.8 Å². The number of aliphatic hydroxyl groups is 2. The fraction of sp³-hybridized carbons (Fsp3) is 0.889. The second kappa shape index (κ2) is 20.0. The van der Waals surface area contributed by atoms with E-state index in [4.69, 9.17) is 28.4 Å². The van der Waals surface area contributed by atoms with Gasteiger partial charge in [-0.25, -0.2) is 0 Å². The summed E-state index contributed by atoms with van der Waals surface area (Å²) in [5, 5.41) is 34.8. The Morgan fingerprint density at radius 1 is 0.897 bits per heavy atom. The Morgan fingerprint density at radius 3 is 2.16 bits per heavy atom. The van der Waals surface area contributed by atoms with Gasteiger partial charge in [-0.1, -0.05) is 62.3 Å². The number of hydrogen-bond acceptors (Lipinski definition) is 12. The Labute approximate surface area is 390 Å². The third kappa shape index (κ3) is 9.91. The normalized spacial score (nSPS) is 42.9. The Bertz CT molecular complexity index is 1460. The van der Waals surface area contributed by atoms with Gasteiger partial charge in [0.1, 0.15) is 5.78 Å². The van der Waals surface area contributed by atoms with Crippen molar-refractivity contribution in [3.05, 3.63) is 12.2 Å². The van der Waals surface area contributed by atoms with Crippen LogP contribution in [0.3, 0.4) is 0 Å². The molecule has 5 heterocycles. The summed E-state index contributed by atoms with van der Waals surface area (Å²) in [7, 11) is 0. The van der Waals surface area contributed by atoms with Crippen molar-refractivity contribution in [3.8, 4) is 0 Å². The van der Waals surface area contributed by atoms with Crippen molar-refractivity contribution >= 4 is 17.7 Å². The van der Waals surface area contributed by atoms with Crippen molar-refractivity contribution < 1.29 is 110 Å². The molecule has 12 nitrogen and oxygen atoms in total. The van der Waals surface area contributed by atoms with E-state index < -0.39 is 82.9 Å². The number of Topliss-reactive ketones (excluding diaryl/α,β-unsaturated/α-hetero) is 1. The Kier molecular flexibility index (Phi) is 17.4. The number of aliphatic hydroxyl groups excluding tert-OH is 1. The average Bonchev–Trinajstić information content (AvgIpc) is 3.52. The second-order valence-electron chi connectivity index (χ2n) is 18.7. The number of ketones is 1. The molecule has 0 aromatic rings. The average molecular weight is 845 g/mol. The fourth-order valence-electron chi connectivity index (χ4n) is 10.8. The van der Waals surface area contributed by atoms with Crippen molar-refractivity contribution in [1.82, 2.24) is 0 Å². The van der Waals surface area contributed by atoms with Gasteiger partial charge in [-0.3, -0.25) is 9.59 Å². The van der Waals surface area contributed by atoms with E-state index in [1.165, 1.54) is 0 Å². The second-order valence-corrected chi connectivity index (χ2v) is 18.7. The van der Waals surface area contributed by atoms with Crippen molar-refractivity contribution in [1.29, 1.82) is 0 Å². The van der Waals surface area contributed by atoms with Crippen molar-refractivity contribution in [2.24, 2.45) is 41.4 Å². The van der Waals surface area contributed by atoms with Crippen LogP contribution in [0.1, 0.15) is 147 Å². The first-order chi connectivity index (χ1) is 26.7. The van der Waals surface area contributed by atoms with Crippen LogP contribution in [0.4, 0.5) is 0 Å². The first kappa shape index (κ1) is 50.4. The predicted octanol–water partition coefficient (Wildman–Crippen LogP) is 2.82. The number of hydrogen-bond donors (Lipinski definition) is 2.